The minimum absolute atomic E-state index is 0.342. The predicted octanol–water partition coefficient (Wildman–Crippen LogP) is 2.99. The van der Waals surface area contributed by atoms with Crippen LogP contribution in [0.4, 0.5) is 5.69 Å². The highest BCUT2D eigenvalue weighted by molar-refractivity contribution is 7.99. The van der Waals surface area contributed by atoms with Gasteiger partial charge in [0, 0.05) is 16.8 Å². The SMILES string of the molecule is CCOC(=O)c1ccc(N)c(Sc2ccccn2)c1. The van der Waals surface area contributed by atoms with Gasteiger partial charge in [0.2, 0.25) is 0 Å². The number of anilines is 1. The average molecular weight is 274 g/mol. The number of nitrogens with two attached hydrogens (primary N) is 1. The van der Waals surface area contributed by atoms with Crippen molar-refractivity contribution < 1.29 is 9.53 Å². The third kappa shape index (κ3) is 3.48. The molecule has 0 saturated heterocycles. The van der Waals surface area contributed by atoms with Crippen LogP contribution in [0.5, 0.6) is 0 Å². The molecule has 0 atom stereocenters. The number of benzene rings is 1. The molecule has 0 spiro atoms. The summed E-state index contributed by atoms with van der Waals surface area (Å²) in [5.41, 5.74) is 7.02. The summed E-state index contributed by atoms with van der Waals surface area (Å²) in [5.74, 6) is -0.342. The lowest BCUT2D eigenvalue weighted by atomic mass is 10.2. The molecule has 0 unspecified atom stereocenters. The zero-order chi connectivity index (χ0) is 13.7. The van der Waals surface area contributed by atoms with Gasteiger partial charge >= 0.3 is 5.97 Å². The highest BCUT2D eigenvalue weighted by Gasteiger charge is 2.10. The Morgan fingerprint density at radius 2 is 2.21 bits per heavy atom. The fourth-order valence-electron chi connectivity index (χ4n) is 1.48. The zero-order valence-electron chi connectivity index (χ0n) is 10.5. The Kier molecular flexibility index (Phi) is 4.41. The second-order valence-corrected chi connectivity index (χ2v) is 4.81. The van der Waals surface area contributed by atoms with E-state index in [1.54, 1.807) is 31.3 Å². The number of hydrogen-bond donors (Lipinski definition) is 1. The Labute approximate surface area is 116 Å². The summed E-state index contributed by atoms with van der Waals surface area (Å²) in [6.07, 6.45) is 1.72. The molecule has 0 aliphatic heterocycles. The van der Waals surface area contributed by atoms with Crippen LogP contribution in [0.3, 0.4) is 0 Å². The summed E-state index contributed by atoms with van der Waals surface area (Å²) in [6.45, 7) is 2.13. The molecule has 0 fully saturated rings. The molecular weight excluding hydrogens is 260 g/mol. The van der Waals surface area contributed by atoms with Gasteiger partial charge in [0.25, 0.3) is 0 Å². The lowest BCUT2D eigenvalue weighted by Crippen LogP contribution is -2.05. The molecule has 0 bridgehead atoms. The number of pyridine rings is 1. The molecule has 2 aromatic rings. The number of aromatic nitrogens is 1. The molecule has 98 valence electrons. The highest BCUT2D eigenvalue weighted by Crippen LogP contribution is 2.31. The van der Waals surface area contributed by atoms with Gasteiger partial charge in [0.1, 0.15) is 5.03 Å². The van der Waals surface area contributed by atoms with Gasteiger partial charge in [0.15, 0.2) is 0 Å². The van der Waals surface area contributed by atoms with E-state index >= 15 is 0 Å². The maximum absolute atomic E-state index is 11.7. The topological polar surface area (TPSA) is 65.2 Å². The van der Waals surface area contributed by atoms with E-state index < -0.39 is 0 Å². The predicted molar refractivity (Wildman–Crippen MR) is 75.2 cm³/mol. The minimum Gasteiger partial charge on any atom is -0.462 e. The van der Waals surface area contributed by atoms with Crippen LogP contribution in [0, 0.1) is 0 Å². The lowest BCUT2D eigenvalue weighted by Gasteiger charge is -2.07. The van der Waals surface area contributed by atoms with Crippen LogP contribution >= 0.6 is 11.8 Å². The summed E-state index contributed by atoms with van der Waals surface area (Å²) < 4.78 is 4.97. The average Bonchev–Trinajstić information content (AvgIpc) is 2.42. The maximum Gasteiger partial charge on any atom is 0.338 e. The van der Waals surface area contributed by atoms with Crippen molar-refractivity contribution in [2.45, 2.75) is 16.8 Å². The lowest BCUT2D eigenvalue weighted by molar-refractivity contribution is 0.0526. The fourth-order valence-corrected chi connectivity index (χ4v) is 2.34. The molecule has 0 radical (unpaired) electrons. The van der Waals surface area contributed by atoms with Gasteiger partial charge in [-0.05, 0) is 37.3 Å². The molecule has 0 saturated carbocycles. The number of nitrogens with zero attached hydrogens (tertiary/aromatic N) is 1. The monoisotopic (exact) mass is 274 g/mol. The number of hydrogen-bond acceptors (Lipinski definition) is 5. The minimum atomic E-state index is -0.342. The van der Waals surface area contributed by atoms with E-state index in [2.05, 4.69) is 4.98 Å². The first-order valence-electron chi connectivity index (χ1n) is 5.86. The summed E-state index contributed by atoms with van der Waals surface area (Å²) in [6, 6.07) is 10.7. The van der Waals surface area contributed by atoms with Crippen molar-refractivity contribution in [3.8, 4) is 0 Å². The zero-order valence-corrected chi connectivity index (χ0v) is 11.3. The Morgan fingerprint density at radius 1 is 1.37 bits per heavy atom. The van der Waals surface area contributed by atoms with Crippen molar-refractivity contribution in [2.24, 2.45) is 0 Å². The van der Waals surface area contributed by atoms with E-state index in [4.69, 9.17) is 10.5 Å². The van der Waals surface area contributed by atoms with Crippen LogP contribution in [0.25, 0.3) is 0 Å². The smallest absolute Gasteiger partial charge is 0.338 e. The van der Waals surface area contributed by atoms with Gasteiger partial charge in [-0.3, -0.25) is 0 Å². The Morgan fingerprint density at radius 3 is 2.89 bits per heavy atom. The van der Waals surface area contributed by atoms with E-state index in [9.17, 15) is 4.79 Å². The number of esters is 1. The van der Waals surface area contributed by atoms with Crippen molar-refractivity contribution >= 4 is 23.4 Å². The van der Waals surface area contributed by atoms with Crippen molar-refractivity contribution in [3.63, 3.8) is 0 Å². The third-order valence-corrected chi connectivity index (χ3v) is 3.40. The van der Waals surface area contributed by atoms with Crippen LogP contribution in [0.15, 0.2) is 52.5 Å². The number of ether oxygens (including phenoxy) is 1. The van der Waals surface area contributed by atoms with Gasteiger partial charge in [0.05, 0.1) is 12.2 Å². The molecule has 0 aliphatic carbocycles. The van der Waals surface area contributed by atoms with Crippen LogP contribution < -0.4 is 5.73 Å². The summed E-state index contributed by atoms with van der Waals surface area (Å²) in [5, 5.41) is 0.829. The molecule has 5 heteroatoms. The van der Waals surface area contributed by atoms with E-state index in [0.29, 0.717) is 17.9 Å². The first-order chi connectivity index (χ1) is 9.20. The normalized spacial score (nSPS) is 10.2. The number of carbonyl (C=O) groups is 1. The van der Waals surface area contributed by atoms with E-state index in [-0.39, 0.29) is 5.97 Å². The van der Waals surface area contributed by atoms with Gasteiger partial charge in [-0.25, -0.2) is 9.78 Å². The summed E-state index contributed by atoms with van der Waals surface area (Å²) in [7, 11) is 0. The van der Waals surface area contributed by atoms with Crippen LogP contribution in [-0.4, -0.2) is 17.6 Å². The van der Waals surface area contributed by atoms with Gasteiger partial charge in [-0.1, -0.05) is 17.8 Å². The Balaban J connectivity index is 2.25. The first kappa shape index (κ1) is 13.4. The van der Waals surface area contributed by atoms with Gasteiger partial charge in [-0.2, -0.15) is 0 Å². The van der Waals surface area contributed by atoms with Crippen molar-refractivity contribution in [1.29, 1.82) is 0 Å². The number of rotatable bonds is 4. The van der Waals surface area contributed by atoms with E-state index in [0.717, 1.165) is 9.92 Å². The van der Waals surface area contributed by atoms with Crippen LogP contribution in [0.2, 0.25) is 0 Å². The molecule has 2 rings (SSSR count). The van der Waals surface area contributed by atoms with Crippen molar-refractivity contribution in [2.75, 3.05) is 12.3 Å². The number of nitrogen functional groups attached to an aromatic ring is 1. The van der Waals surface area contributed by atoms with Crippen molar-refractivity contribution in [3.05, 3.63) is 48.2 Å². The summed E-state index contributed by atoms with van der Waals surface area (Å²) in [4.78, 5) is 16.7. The molecule has 1 aromatic heterocycles. The second-order valence-electron chi connectivity index (χ2n) is 3.74. The van der Waals surface area contributed by atoms with Crippen LogP contribution in [-0.2, 0) is 4.74 Å². The molecule has 1 aromatic carbocycles. The molecule has 0 aliphatic rings. The molecule has 4 nitrogen and oxygen atoms in total. The molecule has 19 heavy (non-hydrogen) atoms. The van der Waals surface area contributed by atoms with Crippen molar-refractivity contribution in [1.82, 2.24) is 4.98 Å². The molecule has 1 heterocycles. The Bertz CT molecular complexity index is 573. The quantitative estimate of drug-likeness (QED) is 0.686. The molecular formula is C14H14N2O2S. The molecule has 0 amide bonds. The maximum atomic E-state index is 11.7. The van der Waals surface area contributed by atoms with Gasteiger partial charge in [-0.15, -0.1) is 0 Å². The fraction of sp³-hybridized carbons (Fsp3) is 0.143. The van der Waals surface area contributed by atoms with E-state index in [1.165, 1.54) is 11.8 Å². The van der Waals surface area contributed by atoms with Gasteiger partial charge < -0.3 is 10.5 Å². The second kappa shape index (κ2) is 6.24. The Hall–Kier alpha value is -2.01. The third-order valence-electron chi connectivity index (χ3n) is 2.38. The highest BCUT2D eigenvalue weighted by atomic mass is 32.2. The largest absolute Gasteiger partial charge is 0.462 e. The standard InChI is InChI=1S/C14H14N2O2S/c1-2-18-14(17)10-6-7-11(15)12(9-10)19-13-5-3-4-8-16-13/h3-9H,2,15H2,1H3. The summed E-state index contributed by atoms with van der Waals surface area (Å²) >= 11 is 1.42. The molecule has 2 N–H and O–H groups in total. The first-order valence-corrected chi connectivity index (χ1v) is 6.68. The number of carbonyl (C=O) groups excluding carboxylic acids is 1. The van der Waals surface area contributed by atoms with Crippen LogP contribution in [0.1, 0.15) is 17.3 Å². The van der Waals surface area contributed by atoms with E-state index in [1.807, 2.05) is 18.2 Å².